The van der Waals surface area contributed by atoms with Crippen LogP contribution >= 0.6 is 0 Å². The van der Waals surface area contributed by atoms with E-state index in [0.717, 1.165) is 67.3 Å². The first-order valence-corrected chi connectivity index (χ1v) is 10.5. The minimum atomic E-state index is 0.0364. The maximum atomic E-state index is 12.3. The molecule has 3 aromatic rings. The molecule has 0 atom stereocenters. The van der Waals surface area contributed by atoms with Crippen LogP contribution in [0.2, 0.25) is 0 Å². The first-order valence-electron chi connectivity index (χ1n) is 10.5. The van der Waals surface area contributed by atoms with Crippen LogP contribution in [0.15, 0.2) is 42.5 Å². The predicted octanol–water partition coefficient (Wildman–Crippen LogP) is 3.16. The summed E-state index contributed by atoms with van der Waals surface area (Å²) in [6.07, 6.45) is 2.15. The summed E-state index contributed by atoms with van der Waals surface area (Å²) in [5.41, 5.74) is 4.12. The molecule has 5 rings (SSSR count). The second kappa shape index (κ2) is 8.08. The molecule has 7 heteroatoms. The van der Waals surface area contributed by atoms with E-state index in [-0.39, 0.29) is 5.91 Å². The smallest absolute Gasteiger partial charge is 0.251 e. The highest BCUT2D eigenvalue weighted by Crippen LogP contribution is 2.29. The van der Waals surface area contributed by atoms with Crippen molar-refractivity contribution in [3.63, 3.8) is 0 Å². The van der Waals surface area contributed by atoms with Crippen molar-refractivity contribution >= 4 is 22.6 Å². The average Bonchev–Trinajstić information content (AvgIpc) is 3.15. The number of imidazole rings is 1. The topological polar surface area (TPSA) is 59.8 Å². The molecule has 30 heavy (non-hydrogen) atoms. The number of anilines is 1. The largest absolute Gasteiger partial charge is 0.494 e. The molecular formula is C23H26N4O3. The Kier molecular flexibility index (Phi) is 5.14. The van der Waals surface area contributed by atoms with Gasteiger partial charge in [-0.3, -0.25) is 14.5 Å². The molecule has 2 aromatic carbocycles. The number of fused-ring (bicyclic) bond motifs is 4. The molecule has 0 saturated heterocycles. The fourth-order valence-electron chi connectivity index (χ4n) is 4.40. The Morgan fingerprint density at radius 3 is 2.87 bits per heavy atom. The molecule has 7 nitrogen and oxygen atoms in total. The molecule has 0 aliphatic carbocycles. The number of hydrogen-bond acceptors (Lipinski definition) is 5. The highest BCUT2D eigenvalue weighted by atomic mass is 16.7. The lowest BCUT2D eigenvalue weighted by molar-refractivity contribution is -0.126. The quantitative estimate of drug-likeness (QED) is 0.589. The van der Waals surface area contributed by atoms with Crippen LogP contribution in [0.25, 0.3) is 11.0 Å². The van der Waals surface area contributed by atoms with Crippen LogP contribution in [0, 0.1) is 0 Å². The van der Waals surface area contributed by atoms with Gasteiger partial charge < -0.3 is 9.30 Å². The van der Waals surface area contributed by atoms with Crippen molar-refractivity contribution in [2.45, 2.75) is 32.4 Å². The molecule has 0 radical (unpaired) electrons. The molecule has 3 heterocycles. The third-order valence-electron chi connectivity index (χ3n) is 5.93. The Morgan fingerprint density at radius 1 is 1.07 bits per heavy atom. The maximum Gasteiger partial charge on any atom is 0.251 e. The van der Waals surface area contributed by atoms with E-state index in [1.165, 1.54) is 10.6 Å². The number of para-hydroxylation sites is 2. The molecule has 0 spiro atoms. The van der Waals surface area contributed by atoms with E-state index < -0.39 is 0 Å². The lowest BCUT2D eigenvalue weighted by Gasteiger charge is -2.30. The molecule has 0 unspecified atom stereocenters. The van der Waals surface area contributed by atoms with E-state index in [2.05, 4.69) is 21.6 Å². The highest BCUT2D eigenvalue weighted by Gasteiger charge is 2.25. The van der Waals surface area contributed by atoms with E-state index in [9.17, 15) is 4.79 Å². The molecule has 0 bridgehead atoms. The molecule has 1 amide bonds. The minimum absolute atomic E-state index is 0.0364. The molecular weight excluding hydrogens is 380 g/mol. The van der Waals surface area contributed by atoms with Crippen LogP contribution in [-0.2, 0) is 29.1 Å². The van der Waals surface area contributed by atoms with Gasteiger partial charge >= 0.3 is 0 Å². The Labute approximate surface area is 175 Å². The summed E-state index contributed by atoms with van der Waals surface area (Å²) >= 11 is 0. The van der Waals surface area contributed by atoms with Crippen molar-refractivity contribution in [2.24, 2.45) is 0 Å². The molecule has 2 aliphatic rings. The van der Waals surface area contributed by atoms with Gasteiger partial charge in [-0.25, -0.2) is 4.98 Å². The van der Waals surface area contributed by atoms with Gasteiger partial charge in [-0.1, -0.05) is 24.3 Å². The summed E-state index contributed by atoms with van der Waals surface area (Å²) in [5.74, 6) is 1.93. The van der Waals surface area contributed by atoms with Gasteiger partial charge in [0.15, 0.2) is 0 Å². The number of nitrogens with zero attached hydrogens (tertiary/aromatic N) is 4. The summed E-state index contributed by atoms with van der Waals surface area (Å²) in [7, 11) is 1.69. The van der Waals surface area contributed by atoms with Gasteiger partial charge in [0.05, 0.1) is 31.5 Å². The third-order valence-corrected chi connectivity index (χ3v) is 5.93. The molecule has 0 N–H and O–H groups in total. The monoisotopic (exact) mass is 406 g/mol. The number of aryl methyl sites for hydroxylation is 1. The third kappa shape index (κ3) is 3.44. The molecule has 0 fully saturated rings. The van der Waals surface area contributed by atoms with E-state index in [0.29, 0.717) is 13.0 Å². The molecule has 0 saturated carbocycles. The van der Waals surface area contributed by atoms with Crippen molar-refractivity contribution in [3.8, 4) is 5.75 Å². The first-order chi connectivity index (χ1) is 14.7. The number of ether oxygens (including phenoxy) is 1. The number of amides is 1. The fourth-order valence-corrected chi connectivity index (χ4v) is 4.40. The van der Waals surface area contributed by atoms with E-state index in [4.69, 9.17) is 14.6 Å². The summed E-state index contributed by atoms with van der Waals surface area (Å²) < 4.78 is 7.75. The Balaban J connectivity index is 1.19. The van der Waals surface area contributed by atoms with Crippen LogP contribution in [-0.4, -0.2) is 47.2 Å². The van der Waals surface area contributed by atoms with Crippen molar-refractivity contribution in [2.75, 3.05) is 31.9 Å². The lowest BCUT2D eigenvalue weighted by atomic mass is 10.0. The number of hydroxylamine groups is 1. The van der Waals surface area contributed by atoms with Crippen molar-refractivity contribution in [1.82, 2.24) is 14.5 Å². The van der Waals surface area contributed by atoms with Crippen LogP contribution in [0.1, 0.15) is 24.2 Å². The van der Waals surface area contributed by atoms with Gasteiger partial charge in [0.2, 0.25) is 0 Å². The number of carbonyl (C=O) groups is 1. The Bertz CT molecular complexity index is 1080. The number of aromatic nitrogens is 2. The predicted molar refractivity (Wildman–Crippen MR) is 114 cm³/mol. The van der Waals surface area contributed by atoms with Crippen LogP contribution in [0.3, 0.4) is 0 Å². The minimum Gasteiger partial charge on any atom is -0.494 e. The average molecular weight is 406 g/mol. The summed E-state index contributed by atoms with van der Waals surface area (Å²) in [4.78, 5) is 25.4. The van der Waals surface area contributed by atoms with Crippen molar-refractivity contribution in [1.29, 1.82) is 0 Å². The number of rotatable bonds is 6. The molecule has 2 aliphatic heterocycles. The van der Waals surface area contributed by atoms with Gasteiger partial charge in [0, 0.05) is 26.1 Å². The molecule has 1 aromatic heterocycles. The lowest BCUT2D eigenvalue weighted by Crippen LogP contribution is -2.37. The fraction of sp³-hybridized carbons (Fsp3) is 0.391. The standard InChI is InChI=1S/C23H26N4O3/c1-29-20-9-4-8-19-23(20)24-21-16-25(13-14-26(19)21)12-5-15-30-27-18-7-3-2-6-17(18)10-11-22(27)28/h2-4,6-9H,5,10-16H2,1H3. The number of methoxy groups -OCH3 is 1. The van der Waals surface area contributed by atoms with Gasteiger partial charge in [-0.15, -0.1) is 0 Å². The summed E-state index contributed by atoms with van der Waals surface area (Å²) in [6, 6.07) is 14.0. The Hall–Kier alpha value is -2.90. The van der Waals surface area contributed by atoms with Gasteiger partial charge in [0.25, 0.3) is 5.91 Å². The normalized spacial score (nSPS) is 16.6. The van der Waals surface area contributed by atoms with Gasteiger partial charge in [0.1, 0.15) is 17.1 Å². The van der Waals surface area contributed by atoms with E-state index in [1.807, 2.05) is 30.3 Å². The van der Waals surface area contributed by atoms with Gasteiger partial charge in [-0.05, 0) is 36.6 Å². The van der Waals surface area contributed by atoms with Crippen LogP contribution in [0.4, 0.5) is 5.69 Å². The first kappa shape index (κ1) is 19.1. The molecule has 156 valence electrons. The number of benzene rings is 2. The van der Waals surface area contributed by atoms with E-state index in [1.54, 1.807) is 7.11 Å². The Morgan fingerprint density at radius 2 is 1.97 bits per heavy atom. The number of hydrogen-bond donors (Lipinski definition) is 0. The SMILES string of the molecule is COc1cccc2c1nc1n2CCN(CCCON2C(=O)CCc3ccccc32)C1. The van der Waals surface area contributed by atoms with Crippen molar-refractivity contribution in [3.05, 3.63) is 53.9 Å². The summed E-state index contributed by atoms with van der Waals surface area (Å²) in [6.45, 7) is 4.12. The van der Waals surface area contributed by atoms with Crippen LogP contribution in [0.5, 0.6) is 5.75 Å². The summed E-state index contributed by atoms with van der Waals surface area (Å²) in [5, 5.41) is 1.49. The maximum absolute atomic E-state index is 12.3. The second-order valence-electron chi connectivity index (χ2n) is 7.79. The van der Waals surface area contributed by atoms with E-state index >= 15 is 0 Å². The highest BCUT2D eigenvalue weighted by molar-refractivity contribution is 5.94. The zero-order chi connectivity index (χ0) is 20.5. The van der Waals surface area contributed by atoms with Gasteiger partial charge in [-0.2, -0.15) is 5.06 Å². The van der Waals surface area contributed by atoms with Crippen molar-refractivity contribution < 1.29 is 14.4 Å². The zero-order valence-corrected chi connectivity index (χ0v) is 17.2. The second-order valence-corrected chi connectivity index (χ2v) is 7.79. The zero-order valence-electron chi connectivity index (χ0n) is 17.2. The van der Waals surface area contributed by atoms with Crippen LogP contribution < -0.4 is 9.80 Å². The number of carbonyl (C=O) groups excluding carboxylic acids is 1.